The highest BCUT2D eigenvalue weighted by molar-refractivity contribution is 6.30. The summed E-state index contributed by atoms with van der Waals surface area (Å²) in [5.41, 5.74) is 2.05. The predicted molar refractivity (Wildman–Crippen MR) is 56.8 cm³/mol. The van der Waals surface area contributed by atoms with E-state index in [0.29, 0.717) is 0 Å². The first-order valence-corrected chi connectivity index (χ1v) is 4.49. The normalized spacial score (nSPS) is 15.2. The maximum Gasteiger partial charge on any atom is 0.0332 e. The lowest BCUT2D eigenvalue weighted by atomic mass is 10.3. The number of hydrogen-bond donors (Lipinski definition) is 0. The molecule has 0 spiro atoms. The Morgan fingerprint density at radius 1 is 1.33 bits per heavy atom. The molecule has 0 aromatic carbocycles. The first-order valence-electron chi connectivity index (χ1n) is 4.11. The summed E-state index contributed by atoms with van der Waals surface area (Å²) in [5, 5.41) is 0.794. The van der Waals surface area contributed by atoms with Crippen LogP contribution in [-0.4, -0.2) is 6.21 Å². The van der Waals surface area contributed by atoms with E-state index >= 15 is 0 Å². The minimum absolute atomic E-state index is 0.794. The van der Waals surface area contributed by atoms with Crippen molar-refractivity contribution in [2.75, 3.05) is 0 Å². The Bertz CT molecular complexity index is 220. The summed E-state index contributed by atoms with van der Waals surface area (Å²) in [6, 6.07) is 0. The van der Waals surface area contributed by atoms with Crippen LogP contribution in [0.15, 0.2) is 27.4 Å². The van der Waals surface area contributed by atoms with E-state index in [2.05, 4.69) is 18.0 Å². The van der Waals surface area contributed by atoms with Gasteiger partial charge in [-0.05, 0) is 32.8 Å². The molecule has 0 heterocycles. The molecule has 0 fully saturated rings. The fourth-order valence-corrected chi connectivity index (χ4v) is 0.685. The minimum Gasteiger partial charge on any atom is -0.262 e. The smallest absolute Gasteiger partial charge is 0.0332 e. The van der Waals surface area contributed by atoms with Crippen molar-refractivity contribution in [3.63, 3.8) is 0 Å². The van der Waals surface area contributed by atoms with Gasteiger partial charge in [0.25, 0.3) is 0 Å². The second kappa shape index (κ2) is 6.01. The van der Waals surface area contributed by atoms with E-state index in [0.717, 1.165) is 22.7 Å². The molecule has 0 N–H and O–H groups in total. The summed E-state index contributed by atoms with van der Waals surface area (Å²) >= 11 is 5.76. The monoisotopic (exact) mass is 185 g/mol. The van der Waals surface area contributed by atoms with E-state index in [9.17, 15) is 0 Å². The molecule has 0 atom stereocenters. The predicted octanol–water partition coefficient (Wildman–Crippen LogP) is 3.90. The molecule has 0 aromatic rings. The number of halogens is 1. The van der Waals surface area contributed by atoms with E-state index in [1.807, 2.05) is 20.8 Å². The van der Waals surface area contributed by atoms with Crippen molar-refractivity contribution >= 4 is 17.8 Å². The maximum absolute atomic E-state index is 5.76. The van der Waals surface area contributed by atoms with Gasteiger partial charge in [0.05, 0.1) is 0 Å². The SMILES string of the molecule is CC/C=C(C)/N=C/C(C)=C(\C)Cl. The molecule has 0 bridgehead atoms. The minimum atomic E-state index is 0.794. The third-order valence-corrected chi connectivity index (χ3v) is 1.80. The van der Waals surface area contributed by atoms with E-state index in [-0.39, 0.29) is 0 Å². The van der Waals surface area contributed by atoms with Gasteiger partial charge in [0.1, 0.15) is 0 Å². The van der Waals surface area contributed by atoms with Crippen molar-refractivity contribution < 1.29 is 0 Å². The van der Waals surface area contributed by atoms with Crippen LogP contribution in [0.4, 0.5) is 0 Å². The van der Waals surface area contributed by atoms with Crippen LogP contribution in [0.5, 0.6) is 0 Å². The van der Waals surface area contributed by atoms with E-state index in [1.165, 1.54) is 0 Å². The number of aliphatic imine (C=N–C) groups is 1. The van der Waals surface area contributed by atoms with E-state index in [4.69, 9.17) is 11.6 Å². The van der Waals surface area contributed by atoms with Crippen molar-refractivity contribution in [3.05, 3.63) is 22.4 Å². The van der Waals surface area contributed by atoms with Crippen molar-refractivity contribution in [2.45, 2.75) is 34.1 Å². The Kier molecular flexibility index (Phi) is 5.73. The molecule has 0 amide bonds. The quantitative estimate of drug-likeness (QED) is 0.592. The van der Waals surface area contributed by atoms with Crippen LogP contribution in [0.3, 0.4) is 0 Å². The molecule has 68 valence electrons. The summed E-state index contributed by atoms with van der Waals surface area (Å²) in [5.74, 6) is 0. The zero-order valence-electron chi connectivity index (χ0n) is 8.19. The van der Waals surface area contributed by atoms with Crippen molar-refractivity contribution in [2.24, 2.45) is 4.99 Å². The molecule has 2 heteroatoms. The Balaban J connectivity index is 4.26. The highest BCUT2D eigenvalue weighted by Gasteiger charge is 1.87. The lowest BCUT2D eigenvalue weighted by Gasteiger charge is -1.93. The molecular weight excluding hydrogens is 170 g/mol. The van der Waals surface area contributed by atoms with Crippen LogP contribution in [0.25, 0.3) is 0 Å². The van der Waals surface area contributed by atoms with Gasteiger partial charge in [-0.2, -0.15) is 0 Å². The highest BCUT2D eigenvalue weighted by Crippen LogP contribution is 2.06. The Morgan fingerprint density at radius 2 is 1.92 bits per heavy atom. The fraction of sp³-hybridized carbons (Fsp3) is 0.500. The number of hydrogen-bond acceptors (Lipinski definition) is 1. The number of nitrogens with zero attached hydrogens (tertiary/aromatic N) is 1. The zero-order chi connectivity index (χ0) is 9.56. The van der Waals surface area contributed by atoms with E-state index < -0.39 is 0 Å². The van der Waals surface area contributed by atoms with Crippen LogP contribution < -0.4 is 0 Å². The van der Waals surface area contributed by atoms with Crippen molar-refractivity contribution in [1.29, 1.82) is 0 Å². The molecule has 0 aliphatic heterocycles. The molecule has 0 unspecified atom stereocenters. The highest BCUT2D eigenvalue weighted by atomic mass is 35.5. The van der Waals surface area contributed by atoms with Crippen LogP contribution >= 0.6 is 11.6 Å². The van der Waals surface area contributed by atoms with Gasteiger partial charge in [-0.1, -0.05) is 24.6 Å². The molecule has 0 rings (SSSR count). The van der Waals surface area contributed by atoms with Gasteiger partial charge >= 0.3 is 0 Å². The lowest BCUT2D eigenvalue weighted by molar-refractivity contribution is 1.16. The van der Waals surface area contributed by atoms with Gasteiger partial charge in [0, 0.05) is 16.9 Å². The van der Waals surface area contributed by atoms with Crippen LogP contribution in [0.1, 0.15) is 34.1 Å². The maximum atomic E-state index is 5.76. The van der Waals surface area contributed by atoms with Gasteiger partial charge in [0.2, 0.25) is 0 Å². The molecular formula is C10H16ClN. The second-order valence-electron chi connectivity index (χ2n) is 2.73. The van der Waals surface area contributed by atoms with Gasteiger partial charge < -0.3 is 0 Å². The third-order valence-electron chi connectivity index (χ3n) is 1.50. The molecule has 0 saturated heterocycles. The van der Waals surface area contributed by atoms with Crippen LogP contribution in [0, 0.1) is 0 Å². The average molecular weight is 186 g/mol. The first kappa shape index (κ1) is 11.4. The summed E-state index contributed by atoms with van der Waals surface area (Å²) in [7, 11) is 0. The molecule has 0 aliphatic carbocycles. The first-order chi connectivity index (χ1) is 5.57. The second-order valence-corrected chi connectivity index (χ2v) is 3.30. The topological polar surface area (TPSA) is 12.4 Å². The largest absolute Gasteiger partial charge is 0.262 e. The number of allylic oxidation sites excluding steroid dienone is 4. The van der Waals surface area contributed by atoms with Gasteiger partial charge in [-0.25, -0.2) is 0 Å². The van der Waals surface area contributed by atoms with Gasteiger partial charge in [-0.15, -0.1) is 0 Å². The van der Waals surface area contributed by atoms with Crippen LogP contribution in [0.2, 0.25) is 0 Å². The Morgan fingerprint density at radius 3 is 2.33 bits per heavy atom. The van der Waals surface area contributed by atoms with Crippen molar-refractivity contribution in [3.8, 4) is 0 Å². The van der Waals surface area contributed by atoms with Gasteiger partial charge in [-0.3, -0.25) is 4.99 Å². The summed E-state index contributed by atoms with van der Waals surface area (Å²) in [4.78, 5) is 4.23. The standard InChI is InChI=1S/C10H16ClN/c1-5-6-9(3)12-7-8(2)10(4)11/h6-7H,5H2,1-4H3/b9-6+,10-8+,12-7+. The summed E-state index contributed by atoms with van der Waals surface area (Å²) in [6.45, 7) is 7.89. The lowest BCUT2D eigenvalue weighted by Crippen LogP contribution is -1.80. The van der Waals surface area contributed by atoms with Gasteiger partial charge in [0.15, 0.2) is 0 Å². The zero-order valence-corrected chi connectivity index (χ0v) is 8.94. The summed E-state index contributed by atoms with van der Waals surface area (Å²) < 4.78 is 0. The van der Waals surface area contributed by atoms with Crippen molar-refractivity contribution in [1.82, 2.24) is 0 Å². The third kappa shape index (κ3) is 5.14. The Hall–Kier alpha value is -0.560. The molecule has 12 heavy (non-hydrogen) atoms. The van der Waals surface area contributed by atoms with Crippen LogP contribution in [-0.2, 0) is 0 Å². The molecule has 0 aliphatic rings. The van der Waals surface area contributed by atoms with E-state index in [1.54, 1.807) is 6.21 Å². The Labute approximate surface area is 79.8 Å². The molecule has 0 saturated carbocycles. The molecule has 1 nitrogen and oxygen atoms in total. The molecule has 0 aromatic heterocycles. The summed E-state index contributed by atoms with van der Waals surface area (Å²) in [6.07, 6.45) is 4.89. The number of rotatable bonds is 3. The fourth-order valence-electron chi connectivity index (χ4n) is 0.636. The average Bonchev–Trinajstić information content (AvgIpc) is 2.00. The molecule has 0 radical (unpaired) electrons.